The van der Waals surface area contributed by atoms with Crippen molar-refractivity contribution < 1.29 is 4.52 Å². The molecule has 142 valence electrons. The minimum atomic E-state index is 0. The average Bonchev–Trinajstić information content (AvgIpc) is 3.08. The van der Waals surface area contributed by atoms with Gasteiger partial charge in [0, 0.05) is 52.4 Å². The van der Waals surface area contributed by atoms with Crippen LogP contribution in [0.1, 0.15) is 18.1 Å². The molecule has 3 heterocycles. The number of hydrogen-bond acceptors (Lipinski definition) is 6. The first-order valence-electron chi connectivity index (χ1n) is 8.67. The van der Waals surface area contributed by atoms with Gasteiger partial charge in [-0.15, -0.1) is 24.0 Å². The number of aryl methyl sites for hydroxylation is 2. The van der Waals surface area contributed by atoms with Gasteiger partial charge in [0.1, 0.15) is 5.82 Å². The Balaban J connectivity index is 0.00000243. The number of rotatable bonds is 5. The molecule has 0 radical (unpaired) electrons. The zero-order chi connectivity index (χ0) is 17.5. The van der Waals surface area contributed by atoms with Gasteiger partial charge in [-0.05, 0) is 25.5 Å². The zero-order valence-electron chi connectivity index (χ0n) is 15.3. The van der Waals surface area contributed by atoms with E-state index in [-0.39, 0.29) is 24.0 Å². The van der Waals surface area contributed by atoms with Gasteiger partial charge in [0.15, 0.2) is 11.8 Å². The Morgan fingerprint density at radius 3 is 2.69 bits per heavy atom. The molecule has 3 rings (SSSR count). The van der Waals surface area contributed by atoms with Crippen LogP contribution in [-0.4, -0.2) is 65.8 Å². The molecular weight excluding hydrogens is 445 g/mol. The van der Waals surface area contributed by atoms with Crippen LogP contribution < -0.4 is 10.2 Å². The molecular formula is C17H26IN7O. The van der Waals surface area contributed by atoms with Crippen molar-refractivity contribution in [3.05, 3.63) is 36.1 Å². The van der Waals surface area contributed by atoms with Crippen LogP contribution in [0.15, 0.2) is 33.9 Å². The number of piperazine rings is 1. The summed E-state index contributed by atoms with van der Waals surface area (Å²) in [6.45, 7) is 6.41. The molecule has 0 unspecified atom stereocenters. The second kappa shape index (κ2) is 10.3. The molecule has 2 aromatic heterocycles. The molecule has 1 aliphatic heterocycles. The second-order valence-corrected chi connectivity index (χ2v) is 5.97. The molecule has 0 atom stereocenters. The molecule has 0 spiro atoms. The number of nitrogens with one attached hydrogen (secondary N) is 1. The number of aliphatic imine (C=N–C) groups is 1. The lowest BCUT2D eigenvalue weighted by Gasteiger charge is -2.37. The fourth-order valence-electron chi connectivity index (χ4n) is 2.90. The van der Waals surface area contributed by atoms with Crippen molar-refractivity contribution in [1.82, 2.24) is 25.3 Å². The first kappa shape index (κ1) is 20.4. The summed E-state index contributed by atoms with van der Waals surface area (Å²) in [6.07, 6.45) is 3.54. The van der Waals surface area contributed by atoms with E-state index in [9.17, 15) is 0 Å². The fraction of sp³-hybridized carbons (Fsp3) is 0.529. The normalized spacial score (nSPS) is 14.9. The molecule has 9 heteroatoms. The highest BCUT2D eigenvalue weighted by Crippen LogP contribution is 2.12. The van der Waals surface area contributed by atoms with Crippen LogP contribution in [0.5, 0.6) is 0 Å². The van der Waals surface area contributed by atoms with E-state index in [0.29, 0.717) is 11.7 Å². The van der Waals surface area contributed by atoms with Gasteiger partial charge in [0.05, 0.1) is 0 Å². The molecule has 0 amide bonds. The summed E-state index contributed by atoms with van der Waals surface area (Å²) in [7, 11) is 1.83. The summed E-state index contributed by atoms with van der Waals surface area (Å²) in [5.41, 5.74) is 0. The van der Waals surface area contributed by atoms with Gasteiger partial charge in [0.2, 0.25) is 5.89 Å². The van der Waals surface area contributed by atoms with Crippen LogP contribution in [-0.2, 0) is 6.42 Å². The third-order valence-electron chi connectivity index (χ3n) is 4.18. The molecule has 0 saturated carbocycles. The molecule has 0 aliphatic carbocycles. The molecule has 0 bridgehead atoms. The number of aromatic nitrogens is 3. The molecule has 2 aromatic rings. The third-order valence-corrected chi connectivity index (χ3v) is 4.18. The topological polar surface area (TPSA) is 82.7 Å². The molecule has 1 aliphatic rings. The van der Waals surface area contributed by atoms with Crippen LogP contribution in [0.25, 0.3) is 0 Å². The summed E-state index contributed by atoms with van der Waals surface area (Å²) >= 11 is 0. The highest BCUT2D eigenvalue weighted by atomic mass is 127. The van der Waals surface area contributed by atoms with Crippen LogP contribution in [0, 0.1) is 6.92 Å². The maximum atomic E-state index is 5.13. The number of anilines is 1. The minimum absolute atomic E-state index is 0. The van der Waals surface area contributed by atoms with E-state index in [0.717, 1.165) is 57.3 Å². The van der Waals surface area contributed by atoms with Gasteiger partial charge >= 0.3 is 0 Å². The van der Waals surface area contributed by atoms with E-state index in [2.05, 4.69) is 41.3 Å². The molecule has 1 fully saturated rings. The predicted octanol–water partition coefficient (Wildman–Crippen LogP) is 1.72. The van der Waals surface area contributed by atoms with Crippen LogP contribution in [0.2, 0.25) is 0 Å². The summed E-state index contributed by atoms with van der Waals surface area (Å²) in [6, 6.07) is 6.03. The molecule has 1 saturated heterocycles. The van der Waals surface area contributed by atoms with E-state index < -0.39 is 0 Å². The van der Waals surface area contributed by atoms with Crippen LogP contribution >= 0.6 is 24.0 Å². The van der Waals surface area contributed by atoms with Gasteiger partial charge in [-0.2, -0.15) is 4.98 Å². The van der Waals surface area contributed by atoms with Crippen molar-refractivity contribution in [2.75, 3.05) is 44.7 Å². The lowest BCUT2D eigenvalue weighted by atomic mass is 10.3. The molecule has 26 heavy (non-hydrogen) atoms. The minimum Gasteiger partial charge on any atom is -0.356 e. The second-order valence-electron chi connectivity index (χ2n) is 5.97. The largest absolute Gasteiger partial charge is 0.356 e. The van der Waals surface area contributed by atoms with Crippen molar-refractivity contribution in [2.45, 2.75) is 19.8 Å². The van der Waals surface area contributed by atoms with Gasteiger partial charge in [-0.25, -0.2) is 4.98 Å². The Hall–Kier alpha value is -1.91. The zero-order valence-corrected chi connectivity index (χ0v) is 17.6. The van der Waals surface area contributed by atoms with E-state index in [4.69, 9.17) is 4.52 Å². The van der Waals surface area contributed by atoms with Crippen LogP contribution in [0.3, 0.4) is 0 Å². The Morgan fingerprint density at radius 1 is 1.27 bits per heavy atom. The highest BCUT2D eigenvalue weighted by molar-refractivity contribution is 14.0. The Labute approximate surface area is 171 Å². The summed E-state index contributed by atoms with van der Waals surface area (Å²) in [5, 5.41) is 7.23. The first-order chi connectivity index (χ1) is 12.3. The first-order valence-corrected chi connectivity index (χ1v) is 8.67. The lowest BCUT2D eigenvalue weighted by Crippen LogP contribution is -2.52. The van der Waals surface area contributed by atoms with Gasteiger partial charge in [-0.1, -0.05) is 11.2 Å². The van der Waals surface area contributed by atoms with Crippen molar-refractivity contribution >= 4 is 35.8 Å². The Kier molecular flexibility index (Phi) is 8.07. The van der Waals surface area contributed by atoms with E-state index in [1.54, 1.807) is 0 Å². The number of nitrogens with zero attached hydrogens (tertiary/aromatic N) is 6. The van der Waals surface area contributed by atoms with Crippen molar-refractivity contribution in [3.63, 3.8) is 0 Å². The lowest BCUT2D eigenvalue weighted by molar-refractivity contribution is 0.365. The Morgan fingerprint density at radius 2 is 2.08 bits per heavy atom. The van der Waals surface area contributed by atoms with Gasteiger partial charge in [-0.3, -0.25) is 4.99 Å². The van der Waals surface area contributed by atoms with Crippen LogP contribution in [0.4, 0.5) is 5.82 Å². The summed E-state index contributed by atoms with van der Waals surface area (Å²) < 4.78 is 5.13. The maximum absolute atomic E-state index is 5.13. The fourth-order valence-corrected chi connectivity index (χ4v) is 2.90. The Bertz CT molecular complexity index is 683. The molecule has 0 aromatic carbocycles. The number of pyridine rings is 1. The quantitative estimate of drug-likeness (QED) is 0.308. The molecule has 1 N–H and O–H groups in total. The monoisotopic (exact) mass is 471 g/mol. The summed E-state index contributed by atoms with van der Waals surface area (Å²) in [4.78, 5) is 17.6. The smallest absolute Gasteiger partial charge is 0.226 e. The highest BCUT2D eigenvalue weighted by Gasteiger charge is 2.20. The van der Waals surface area contributed by atoms with Gasteiger partial charge < -0.3 is 19.6 Å². The average molecular weight is 471 g/mol. The number of halogens is 1. The van der Waals surface area contributed by atoms with Gasteiger partial charge in [0.25, 0.3) is 0 Å². The molecule has 8 nitrogen and oxygen atoms in total. The third kappa shape index (κ3) is 5.55. The number of hydrogen-bond donors (Lipinski definition) is 1. The van der Waals surface area contributed by atoms with E-state index in [1.807, 2.05) is 32.3 Å². The summed E-state index contributed by atoms with van der Waals surface area (Å²) in [5.74, 6) is 3.37. The maximum Gasteiger partial charge on any atom is 0.226 e. The SMILES string of the molecule is CN=C(NCCCc1nc(C)no1)N1CCN(c2ccccn2)CC1.I. The van der Waals surface area contributed by atoms with E-state index in [1.165, 1.54) is 0 Å². The standard InChI is InChI=1S/C17H25N7O.HI/c1-14-21-16(25-22-14)7-5-9-20-17(18-2)24-12-10-23(11-13-24)15-6-3-4-8-19-15;/h3-4,6,8H,5,7,9-13H2,1-2H3,(H,18,20);1H. The van der Waals surface area contributed by atoms with Crippen molar-refractivity contribution in [1.29, 1.82) is 0 Å². The predicted molar refractivity (Wildman–Crippen MR) is 112 cm³/mol. The number of guanidine groups is 1. The van der Waals surface area contributed by atoms with Crippen molar-refractivity contribution in [3.8, 4) is 0 Å². The van der Waals surface area contributed by atoms with E-state index >= 15 is 0 Å². The van der Waals surface area contributed by atoms with Crippen molar-refractivity contribution in [2.24, 2.45) is 4.99 Å².